The van der Waals surface area contributed by atoms with Gasteiger partial charge in [-0.1, -0.05) is 18.6 Å². The molecule has 2 aliphatic rings. The molecule has 16 heavy (non-hydrogen) atoms. The first-order valence-electron chi connectivity index (χ1n) is 5.98. The molecule has 0 spiro atoms. The highest BCUT2D eigenvalue weighted by Crippen LogP contribution is 2.38. The topological polar surface area (TPSA) is 35.2 Å². The van der Waals surface area contributed by atoms with Crippen molar-refractivity contribution in [2.75, 3.05) is 5.75 Å². The maximum absolute atomic E-state index is 6.27. The van der Waals surface area contributed by atoms with Crippen molar-refractivity contribution in [2.24, 2.45) is 11.7 Å². The maximum Gasteiger partial charge on any atom is 0.133 e. The lowest BCUT2D eigenvalue weighted by atomic mass is 9.78. The van der Waals surface area contributed by atoms with E-state index in [4.69, 9.17) is 10.5 Å². The summed E-state index contributed by atoms with van der Waals surface area (Å²) in [5.74, 6) is 2.70. The second-order valence-electron chi connectivity index (χ2n) is 4.68. The molecule has 0 amide bonds. The van der Waals surface area contributed by atoms with Crippen LogP contribution in [-0.4, -0.2) is 17.9 Å². The third-order valence-electron chi connectivity index (χ3n) is 3.65. The van der Waals surface area contributed by atoms with E-state index >= 15 is 0 Å². The fourth-order valence-corrected chi connectivity index (χ4v) is 3.42. The first-order chi connectivity index (χ1) is 7.84. The minimum absolute atomic E-state index is 0.199. The van der Waals surface area contributed by atoms with E-state index in [1.54, 1.807) is 0 Å². The number of fused-ring (bicyclic) bond motifs is 1. The molecular formula is C13H17NOS. The van der Waals surface area contributed by atoms with Crippen molar-refractivity contribution in [3.8, 4) is 5.75 Å². The Hall–Kier alpha value is -0.670. The molecule has 1 aromatic rings. The van der Waals surface area contributed by atoms with Crippen LogP contribution in [0, 0.1) is 5.92 Å². The van der Waals surface area contributed by atoms with Crippen LogP contribution >= 0.6 is 11.8 Å². The van der Waals surface area contributed by atoms with Crippen molar-refractivity contribution in [3.05, 3.63) is 24.3 Å². The second-order valence-corrected chi connectivity index (χ2v) is 5.74. The summed E-state index contributed by atoms with van der Waals surface area (Å²) in [5.41, 5.74) is 6.27. The zero-order chi connectivity index (χ0) is 11.0. The summed E-state index contributed by atoms with van der Waals surface area (Å²) in [6, 6.07) is 8.46. The molecule has 86 valence electrons. The van der Waals surface area contributed by atoms with Crippen LogP contribution in [0.5, 0.6) is 5.75 Å². The molecule has 1 aromatic carbocycles. The van der Waals surface area contributed by atoms with Gasteiger partial charge in [0.25, 0.3) is 0 Å². The lowest BCUT2D eigenvalue weighted by Gasteiger charge is -2.38. The molecule has 3 heteroatoms. The quantitative estimate of drug-likeness (QED) is 0.856. The molecule has 1 fully saturated rings. The number of rotatable bonds is 2. The average molecular weight is 235 g/mol. The summed E-state index contributed by atoms with van der Waals surface area (Å²) < 4.78 is 6.00. The Balaban J connectivity index is 1.72. The largest absolute Gasteiger partial charge is 0.487 e. The van der Waals surface area contributed by atoms with E-state index in [1.165, 1.54) is 24.2 Å². The Morgan fingerprint density at radius 1 is 1.31 bits per heavy atom. The highest BCUT2D eigenvalue weighted by molar-refractivity contribution is 7.99. The van der Waals surface area contributed by atoms with Crippen molar-refractivity contribution in [3.63, 3.8) is 0 Å². The molecular weight excluding hydrogens is 218 g/mol. The molecule has 3 rings (SSSR count). The monoisotopic (exact) mass is 235 g/mol. The summed E-state index contributed by atoms with van der Waals surface area (Å²) >= 11 is 1.87. The lowest BCUT2D eigenvalue weighted by molar-refractivity contribution is 0.121. The fourth-order valence-electron chi connectivity index (χ4n) is 2.35. The van der Waals surface area contributed by atoms with Gasteiger partial charge in [0.05, 0.1) is 0 Å². The minimum Gasteiger partial charge on any atom is -0.487 e. The Bertz CT molecular complexity index is 378. The highest BCUT2D eigenvalue weighted by atomic mass is 32.2. The molecule has 0 bridgehead atoms. The Kier molecular flexibility index (Phi) is 2.82. The van der Waals surface area contributed by atoms with Crippen LogP contribution in [0.4, 0.5) is 0 Å². The first-order valence-corrected chi connectivity index (χ1v) is 6.97. The molecule has 0 radical (unpaired) electrons. The molecule has 2 atom stereocenters. The predicted octanol–water partition coefficient (Wildman–Crippen LogP) is 2.67. The first kappa shape index (κ1) is 10.5. The van der Waals surface area contributed by atoms with E-state index in [0.717, 1.165) is 11.5 Å². The molecule has 1 aliphatic heterocycles. The van der Waals surface area contributed by atoms with Gasteiger partial charge in [0, 0.05) is 16.7 Å². The van der Waals surface area contributed by atoms with Crippen molar-refractivity contribution in [1.29, 1.82) is 0 Å². The van der Waals surface area contributed by atoms with Gasteiger partial charge < -0.3 is 10.5 Å². The van der Waals surface area contributed by atoms with Gasteiger partial charge in [-0.3, -0.25) is 0 Å². The Labute approximate surface area is 101 Å². The van der Waals surface area contributed by atoms with Gasteiger partial charge in [-0.25, -0.2) is 0 Å². The van der Waals surface area contributed by atoms with E-state index in [2.05, 4.69) is 12.1 Å². The van der Waals surface area contributed by atoms with Crippen LogP contribution in [0.3, 0.4) is 0 Å². The zero-order valence-corrected chi connectivity index (χ0v) is 10.1. The number of nitrogens with two attached hydrogens (primary N) is 1. The fraction of sp³-hybridized carbons (Fsp3) is 0.538. The smallest absolute Gasteiger partial charge is 0.133 e. The molecule has 1 aliphatic carbocycles. The zero-order valence-electron chi connectivity index (χ0n) is 9.26. The van der Waals surface area contributed by atoms with E-state index in [-0.39, 0.29) is 12.1 Å². The van der Waals surface area contributed by atoms with Gasteiger partial charge in [0.1, 0.15) is 11.9 Å². The van der Waals surface area contributed by atoms with Gasteiger partial charge in [-0.15, -0.1) is 11.8 Å². The summed E-state index contributed by atoms with van der Waals surface area (Å²) in [6.45, 7) is 0. The Morgan fingerprint density at radius 2 is 2.12 bits per heavy atom. The van der Waals surface area contributed by atoms with Crippen LogP contribution < -0.4 is 10.5 Å². The van der Waals surface area contributed by atoms with Gasteiger partial charge in [-0.2, -0.15) is 0 Å². The molecule has 0 aromatic heterocycles. The summed E-state index contributed by atoms with van der Waals surface area (Å²) in [5, 5.41) is 0. The van der Waals surface area contributed by atoms with E-state index in [9.17, 15) is 0 Å². The second kappa shape index (κ2) is 4.30. The third-order valence-corrected chi connectivity index (χ3v) is 4.80. The van der Waals surface area contributed by atoms with Gasteiger partial charge in [0.15, 0.2) is 0 Å². The number of benzene rings is 1. The van der Waals surface area contributed by atoms with Crippen LogP contribution in [-0.2, 0) is 0 Å². The molecule has 1 saturated carbocycles. The Morgan fingerprint density at radius 3 is 2.88 bits per heavy atom. The maximum atomic E-state index is 6.27. The standard InChI is InChI=1S/C13H17NOS/c14-13(9-4-3-5-9)11-8-16-12-7-2-1-6-10(12)15-11/h1-2,6-7,9,11,13H,3-5,8,14H2. The number of hydrogen-bond donors (Lipinski definition) is 1. The van der Waals surface area contributed by atoms with Gasteiger partial charge >= 0.3 is 0 Å². The summed E-state index contributed by atoms with van der Waals surface area (Å²) in [6.07, 6.45) is 4.11. The van der Waals surface area contributed by atoms with Crippen LogP contribution in [0.1, 0.15) is 19.3 Å². The van der Waals surface area contributed by atoms with Crippen LogP contribution in [0.15, 0.2) is 29.2 Å². The van der Waals surface area contributed by atoms with E-state index < -0.39 is 0 Å². The minimum atomic E-state index is 0.199. The lowest BCUT2D eigenvalue weighted by Crippen LogP contribution is -2.49. The van der Waals surface area contributed by atoms with Crippen LogP contribution in [0.25, 0.3) is 0 Å². The predicted molar refractivity (Wildman–Crippen MR) is 66.9 cm³/mol. The third kappa shape index (κ3) is 1.82. The van der Waals surface area contributed by atoms with Crippen molar-refractivity contribution in [1.82, 2.24) is 0 Å². The molecule has 1 heterocycles. The molecule has 2 N–H and O–H groups in total. The highest BCUT2D eigenvalue weighted by Gasteiger charge is 2.33. The van der Waals surface area contributed by atoms with Crippen molar-refractivity contribution < 1.29 is 4.74 Å². The van der Waals surface area contributed by atoms with E-state index in [1.807, 2.05) is 23.9 Å². The number of hydrogen-bond acceptors (Lipinski definition) is 3. The number of ether oxygens (including phenoxy) is 1. The van der Waals surface area contributed by atoms with Gasteiger partial charge in [0.2, 0.25) is 0 Å². The summed E-state index contributed by atoms with van der Waals surface area (Å²) in [7, 11) is 0. The molecule has 0 saturated heterocycles. The average Bonchev–Trinajstić information content (AvgIpc) is 2.26. The molecule has 2 nitrogen and oxygen atoms in total. The number of para-hydroxylation sites is 1. The number of thioether (sulfide) groups is 1. The SMILES string of the molecule is NC(C1CCC1)C1CSc2ccccc2O1. The van der Waals surface area contributed by atoms with E-state index in [0.29, 0.717) is 5.92 Å². The normalized spacial score (nSPS) is 26.4. The van der Waals surface area contributed by atoms with Crippen LogP contribution in [0.2, 0.25) is 0 Å². The van der Waals surface area contributed by atoms with Crippen molar-refractivity contribution >= 4 is 11.8 Å². The summed E-state index contributed by atoms with van der Waals surface area (Å²) in [4.78, 5) is 1.25. The van der Waals surface area contributed by atoms with Gasteiger partial charge in [-0.05, 0) is 30.9 Å². The van der Waals surface area contributed by atoms with Crippen molar-refractivity contribution in [2.45, 2.75) is 36.3 Å². The molecule has 2 unspecified atom stereocenters.